The maximum atomic E-state index is 13.8. The second-order valence-electron chi connectivity index (χ2n) is 8.78. The van der Waals surface area contributed by atoms with Crippen molar-refractivity contribution in [3.63, 3.8) is 0 Å². The first kappa shape index (κ1) is 22.2. The summed E-state index contributed by atoms with van der Waals surface area (Å²) in [6.45, 7) is 5.89. The number of anilines is 1. The summed E-state index contributed by atoms with van der Waals surface area (Å²) in [6.07, 6.45) is 1.38. The van der Waals surface area contributed by atoms with E-state index in [-0.39, 0.29) is 17.8 Å². The average molecular weight is 461 g/mol. The van der Waals surface area contributed by atoms with Crippen LogP contribution in [0.25, 0.3) is 10.9 Å². The van der Waals surface area contributed by atoms with Gasteiger partial charge in [0.1, 0.15) is 0 Å². The molecule has 0 radical (unpaired) electrons. The summed E-state index contributed by atoms with van der Waals surface area (Å²) >= 11 is 0. The van der Waals surface area contributed by atoms with E-state index >= 15 is 0 Å². The van der Waals surface area contributed by atoms with Gasteiger partial charge in [0.25, 0.3) is 11.8 Å². The maximum absolute atomic E-state index is 13.8. The van der Waals surface area contributed by atoms with Gasteiger partial charge in [-0.1, -0.05) is 24.3 Å². The Morgan fingerprint density at radius 3 is 2.82 bits per heavy atom. The van der Waals surface area contributed by atoms with Crippen molar-refractivity contribution in [2.24, 2.45) is 0 Å². The molecule has 2 aliphatic heterocycles. The number of hydrogen-bond acceptors (Lipinski definition) is 4. The molecule has 1 atom stereocenters. The molecule has 176 valence electrons. The number of nitrogens with one attached hydrogen (secondary N) is 2. The van der Waals surface area contributed by atoms with Crippen molar-refractivity contribution < 1.29 is 19.1 Å². The molecule has 3 aromatic rings. The van der Waals surface area contributed by atoms with Gasteiger partial charge in [0.15, 0.2) is 5.54 Å². The molecule has 2 N–H and O–H groups in total. The highest BCUT2D eigenvalue weighted by molar-refractivity contribution is 6.24. The third kappa shape index (κ3) is 3.37. The number of aromatic amines is 1. The fourth-order valence-corrected chi connectivity index (χ4v) is 5.03. The molecule has 8 heteroatoms. The predicted octanol–water partition coefficient (Wildman–Crippen LogP) is 3.56. The van der Waals surface area contributed by atoms with E-state index in [0.29, 0.717) is 50.4 Å². The molecule has 34 heavy (non-hydrogen) atoms. The molecule has 8 nitrogen and oxygen atoms in total. The number of H-pyrrole nitrogens is 1. The number of fused-ring (bicyclic) bond motifs is 5. The SMILES string of the molecule is CCOCCCNC(=O)c1cccc(N2C(=O)N3CCc4c([nH]c5ccccc45)C3(C)C2=O)c1. The minimum absolute atomic E-state index is 0.251. The van der Waals surface area contributed by atoms with Crippen molar-refractivity contribution in [2.75, 3.05) is 31.2 Å². The fraction of sp³-hybridized carbons (Fsp3) is 0.346. The Morgan fingerprint density at radius 1 is 1.18 bits per heavy atom. The first-order chi connectivity index (χ1) is 16.5. The summed E-state index contributed by atoms with van der Waals surface area (Å²) in [4.78, 5) is 46.1. The van der Waals surface area contributed by atoms with E-state index in [9.17, 15) is 14.4 Å². The number of aromatic nitrogens is 1. The molecule has 4 amide bonds. The maximum Gasteiger partial charge on any atom is 0.332 e. The van der Waals surface area contributed by atoms with Crippen molar-refractivity contribution in [3.05, 3.63) is 65.4 Å². The van der Waals surface area contributed by atoms with Crippen molar-refractivity contribution in [3.8, 4) is 0 Å². The monoisotopic (exact) mass is 460 g/mol. The Morgan fingerprint density at radius 2 is 2.00 bits per heavy atom. The summed E-state index contributed by atoms with van der Waals surface area (Å²) in [6, 6.07) is 14.2. The summed E-state index contributed by atoms with van der Waals surface area (Å²) in [5.74, 6) is -0.571. The van der Waals surface area contributed by atoms with Crippen LogP contribution in [0.5, 0.6) is 0 Å². The fourth-order valence-electron chi connectivity index (χ4n) is 5.03. The molecular weight excluding hydrogens is 432 g/mol. The van der Waals surface area contributed by atoms with Gasteiger partial charge in [-0.25, -0.2) is 9.69 Å². The largest absolute Gasteiger partial charge is 0.382 e. The zero-order valence-corrected chi connectivity index (χ0v) is 19.4. The van der Waals surface area contributed by atoms with Crippen molar-refractivity contribution in [2.45, 2.75) is 32.2 Å². The minimum Gasteiger partial charge on any atom is -0.382 e. The number of benzene rings is 2. The zero-order valence-electron chi connectivity index (χ0n) is 19.4. The molecule has 0 spiro atoms. The van der Waals surface area contributed by atoms with Crippen LogP contribution in [0.4, 0.5) is 10.5 Å². The van der Waals surface area contributed by atoms with Crippen LogP contribution >= 0.6 is 0 Å². The van der Waals surface area contributed by atoms with Gasteiger partial charge < -0.3 is 19.9 Å². The highest BCUT2D eigenvalue weighted by atomic mass is 16.5. The normalized spacial score (nSPS) is 19.5. The smallest absolute Gasteiger partial charge is 0.332 e. The second-order valence-corrected chi connectivity index (χ2v) is 8.78. The van der Waals surface area contributed by atoms with Gasteiger partial charge in [0.2, 0.25) is 0 Å². The second kappa shape index (κ2) is 8.61. The van der Waals surface area contributed by atoms with E-state index in [1.165, 1.54) is 4.90 Å². The number of carbonyl (C=O) groups excluding carboxylic acids is 3. The number of nitrogens with zero attached hydrogens (tertiary/aromatic N) is 2. The van der Waals surface area contributed by atoms with Crippen LogP contribution in [0, 0.1) is 0 Å². The third-order valence-corrected chi connectivity index (χ3v) is 6.79. The van der Waals surface area contributed by atoms with Crippen molar-refractivity contribution in [1.82, 2.24) is 15.2 Å². The lowest BCUT2D eigenvalue weighted by Crippen LogP contribution is -2.49. The lowest BCUT2D eigenvalue weighted by Gasteiger charge is -2.35. The first-order valence-electron chi connectivity index (χ1n) is 11.7. The summed E-state index contributed by atoms with van der Waals surface area (Å²) < 4.78 is 5.29. The number of hydrogen-bond donors (Lipinski definition) is 2. The van der Waals surface area contributed by atoms with Crippen molar-refractivity contribution in [1.29, 1.82) is 0 Å². The summed E-state index contributed by atoms with van der Waals surface area (Å²) in [5, 5.41) is 3.94. The molecular formula is C26H28N4O4. The van der Waals surface area contributed by atoms with Gasteiger partial charge in [-0.05, 0) is 56.5 Å². The minimum atomic E-state index is -1.12. The molecule has 1 unspecified atom stereocenters. The number of ether oxygens (including phenoxy) is 1. The highest BCUT2D eigenvalue weighted by Crippen LogP contribution is 2.45. The molecule has 2 aromatic carbocycles. The molecule has 1 fully saturated rings. The van der Waals surface area contributed by atoms with Gasteiger partial charge >= 0.3 is 6.03 Å². The molecule has 1 aromatic heterocycles. The van der Waals surface area contributed by atoms with Gasteiger partial charge in [0, 0.05) is 42.8 Å². The number of imide groups is 1. The molecule has 0 saturated carbocycles. The summed E-state index contributed by atoms with van der Waals surface area (Å²) in [5.41, 5.74) is 2.47. The van der Waals surface area contributed by atoms with E-state index < -0.39 is 5.54 Å². The standard InChI is InChI=1S/C26H28N4O4/c1-3-34-15-7-13-27-23(31)17-8-6-9-18(16-17)30-24(32)26(2)22-20(12-14-29(26)25(30)33)19-10-4-5-11-21(19)28-22/h4-6,8-11,16,28H,3,7,12-15H2,1-2H3,(H,27,31). The highest BCUT2D eigenvalue weighted by Gasteiger charge is 2.59. The lowest BCUT2D eigenvalue weighted by molar-refractivity contribution is -0.125. The molecule has 3 heterocycles. The Balaban J connectivity index is 1.43. The van der Waals surface area contributed by atoms with Gasteiger partial charge in [-0.2, -0.15) is 0 Å². The molecule has 2 aliphatic rings. The van der Waals surface area contributed by atoms with Crippen LogP contribution in [0.15, 0.2) is 48.5 Å². The molecule has 0 bridgehead atoms. The van der Waals surface area contributed by atoms with Gasteiger partial charge in [-0.3, -0.25) is 9.59 Å². The average Bonchev–Trinajstić information content (AvgIpc) is 3.32. The number of amides is 4. The lowest BCUT2D eigenvalue weighted by atomic mass is 9.87. The van der Waals surface area contributed by atoms with Gasteiger partial charge in [-0.15, -0.1) is 0 Å². The van der Waals surface area contributed by atoms with E-state index in [2.05, 4.69) is 10.3 Å². The van der Waals surface area contributed by atoms with Crippen LogP contribution in [-0.2, 0) is 21.5 Å². The van der Waals surface area contributed by atoms with Crippen LogP contribution in [-0.4, -0.2) is 54.0 Å². The number of carbonyl (C=O) groups is 3. The van der Waals surface area contributed by atoms with Crippen LogP contribution in [0.1, 0.15) is 41.9 Å². The molecule has 1 saturated heterocycles. The Kier molecular flexibility index (Phi) is 5.61. The quantitative estimate of drug-likeness (QED) is 0.416. The van der Waals surface area contributed by atoms with Crippen LogP contribution in [0.3, 0.4) is 0 Å². The van der Waals surface area contributed by atoms with E-state index in [4.69, 9.17) is 4.74 Å². The van der Waals surface area contributed by atoms with Crippen LogP contribution < -0.4 is 10.2 Å². The number of para-hydroxylation sites is 1. The molecule has 5 rings (SSSR count). The number of rotatable bonds is 7. The third-order valence-electron chi connectivity index (χ3n) is 6.79. The summed E-state index contributed by atoms with van der Waals surface area (Å²) in [7, 11) is 0. The Labute approximate surface area is 197 Å². The zero-order chi connectivity index (χ0) is 23.9. The van der Waals surface area contributed by atoms with Crippen LogP contribution in [0.2, 0.25) is 0 Å². The van der Waals surface area contributed by atoms with E-state index in [0.717, 1.165) is 22.2 Å². The van der Waals surface area contributed by atoms with E-state index in [1.54, 1.807) is 36.1 Å². The van der Waals surface area contributed by atoms with E-state index in [1.807, 2.05) is 31.2 Å². The Hall–Kier alpha value is -3.65. The topological polar surface area (TPSA) is 94.7 Å². The van der Waals surface area contributed by atoms with Gasteiger partial charge in [0.05, 0.1) is 11.4 Å². The first-order valence-corrected chi connectivity index (χ1v) is 11.7. The molecule has 0 aliphatic carbocycles. The number of urea groups is 1. The van der Waals surface area contributed by atoms with Crippen molar-refractivity contribution >= 4 is 34.4 Å². The predicted molar refractivity (Wildman–Crippen MR) is 129 cm³/mol. The Bertz CT molecular complexity index is 1280.